The summed E-state index contributed by atoms with van der Waals surface area (Å²) in [5.41, 5.74) is 0.284. The van der Waals surface area contributed by atoms with E-state index in [2.05, 4.69) is 6.58 Å². The van der Waals surface area contributed by atoms with Crippen LogP contribution in [0.4, 0.5) is 0 Å². The average Bonchev–Trinajstić information content (AvgIpc) is 3.65. The standard InChI is InChI=1S/C35H52O11/c1-12-17(4)15-24(38)44-29-20(7)25-27(28(35(11)16-41-35)32(29)46-34(40)19(6)14-3)26(21(8)42-22(9)36)31(43-23(10)37)30(25)45-33(39)18(5)13-2/h15,18-19,21,25-32H,7,12-14,16H2,1-6,8-11H3. The number of rotatable bonds is 13. The molecule has 11 heteroatoms. The van der Waals surface area contributed by atoms with Crippen LogP contribution in [0.5, 0.6) is 0 Å². The van der Waals surface area contributed by atoms with Crippen LogP contribution in [0.15, 0.2) is 23.8 Å². The van der Waals surface area contributed by atoms with E-state index in [1.807, 2.05) is 27.7 Å². The highest BCUT2D eigenvalue weighted by molar-refractivity contribution is 5.83. The Hall–Kier alpha value is -3.21. The fraction of sp³-hybridized carbons (Fsp3) is 0.743. The van der Waals surface area contributed by atoms with Crippen LogP contribution in [0.2, 0.25) is 0 Å². The molecule has 1 aliphatic heterocycles. The zero-order valence-corrected chi connectivity index (χ0v) is 29.0. The minimum absolute atomic E-state index is 0.310. The molecular formula is C35H52O11. The van der Waals surface area contributed by atoms with Crippen molar-refractivity contribution in [1.82, 2.24) is 0 Å². The molecule has 0 N–H and O–H groups in total. The molecule has 0 radical (unpaired) electrons. The van der Waals surface area contributed by atoms with Crippen molar-refractivity contribution < 1.29 is 52.4 Å². The number of esters is 5. The molecule has 0 aromatic heterocycles. The van der Waals surface area contributed by atoms with E-state index in [1.54, 1.807) is 27.7 Å². The highest BCUT2D eigenvalue weighted by Crippen LogP contribution is 2.60. The second-order valence-electron chi connectivity index (χ2n) is 13.4. The van der Waals surface area contributed by atoms with E-state index >= 15 is 0 Å². The number of fused-ring (bicyclic) bond motifs is 1. The third-order valence-electron chi connectivity index (χ3n) is 9.98. The van der Waals surface area contributed by atoms with Crippen molar-refractivity contribution in [2.45, 2.75) is 125 Å². The summed E-state index contributed by atoms with van der Waals surface area (Å²) in [5, 5.41) is 0. The Balaban J connectivity index is 2.29. The smallest absolute Gasteiger partial charge is 0.331 e. The molecule has 0 bridgehead atoms. The Bertz CT molecular complexity index is 1220. The van der Waals surface area contributed by atoms with Crippen LogP contribution in [-0.2, 0) is 52.4 Å². The van der Waals surface area contributed by atoms with Crippen molar-refractivity contribution in [1.29, 1.82) is 0 Å². The molecule has 2 aliphatic carbocycles. The molecule has 0 amide bonds. The van der Waals surface area contributed by atoms with E-state index in [4.69, 9.17) is 28.4 Å². The number of hydrogen-bond donors (Lipinski definition) is 0. The van der Waals surface area contributed by atoms with Gasteiger partial charge in [-0.3, -0.25) is 19.2 Å². The van der Waals surface area contributed by atoms with Crippen LogP contribution in [-0.4, -0.2) is 72.6 Å². The highest BCUT2D eigenvalue weighted by Gasteiger charge is 2.71. The normalized spacial score (nSPS) is 34.0. The van der Waals surface area contributed by atoms with Gasteiger partial charge >= 0.3 is 29.8 Å². The van der Waals surface area contributed by atoms with Gasteiger partial charge < -0.3 is 28.4 Å². The molecule has 46 heavy (non-hydrogen) atoms. The first kappa shape index (κ1) is 37.2. The number of ether oxygens (including phenoxy) is 6. The number of hydrogen-bond acceptors (Lipinski definition) is 11. The summed E-state index contributed by atoms with van der Waals surface area (Å²) in [5.74, 6) is -6.39. The second kappa shape index (κ2) is 15.1. The molecule has 3 rings (SSSR count). The molecule has 1 heterocycles. The molecule has 11 nitrogen and oxygen atoms in total. The first-order chi connectivity index (χ1) is 21.5. The Morgan fingerprint density at radius 3 is 1.87 bits per heavy atom. The summed E-state index contributed by atoms with van der Waals surface area (Å²) in [6.07, 6.45) is -2.07. The fourth-order valence-corrected chi connectivity index (χ4v) is 6.86. The predicted octanol–water partition coefficient (Wildman–Crippen LogP) is 4.89. The number of allylic oxidation sites excluding steroid dienone is 1. The van der Waals surface area contributed by atoms with Gasteiger partial charge in [0, 0.05) is 37.7 Å². The molecule has 12 unspecified atom stereocenters. The van der Waals surface area contributed by atoms with Gasteiger partial charge in [-0.25, -0.2) is 4.79 Å². The van der Waals surface area contributed by atoms with E-state index < -0.39 is 101 Å². The van der Waals surface area contributed by atoms with Gasteiger partial charge in [0.15, 0.2) is 6.10 Å². The predicted molar refractivity (Wildman–Crippen MR) is 167 cm³/mol. The minimum Gasteiger partial charge on any atom is -0.462 e. The van der Waals surface area contributed by atoms with Crippen molar-refractivity contribution >= 4 is 29.8 Å². The Labute approximate surface area is 272 Å². The van der Waals surface area contributed by atoms with E-state index in [9.17, 15) is 24.0 Å². The zero-order valence-electron chi connectivity index (χ0n) is 29.0. The molecule has 0 aromatic rings. The summed E-state index contributed by atoms with van der Waals surface area (Å²) >= 11 is 0. The first-order valence-corrected chi connectivity index (χ1v) is 16.5. The quantitative estimate of drug-likeness (QED) is 0.0885. The van der Waals surface area contributed by atoms with E-state index in [1.165, 1.54) is 19.9 Å². The first-order valence-electron chi connectivity index (χ1n) is 16.5. The van der Waals surface area contributed by atoms with Crippen molar-refractivity contribution in [2.24, 2.45) is 35.5 Å². The van der Waals surface area contributed by atoms with Crippen LogP contribution < -0.4 is 0 Å². The summed E-state index contributed by atoms with van der Waals surface area (Å²) in [7, 11) is 0. The van der Waals surface area contributed by atoms with Crippen molar-refractivity contribution in [2.75, 3.05) is 6.61 Å². The number of epoxide rings is 1. The van der Waals surface area contributed by atoms with E-state index in [-0.39, 0.29) is 0 Å². The third kappa shape index (κ3) is 8.01. The summed E-state index contributed by atoms with van der Waals surface area (Å²) in [6, 6.07) is 0. The van der Waals surface area contributed by atoms with Gasteiger partial charge in [-0.05, 0) is 51.5 Å². The summed E-state index contributed by atoms with van der Waals surface area (Å²) < 4.78 is 36.1. The van der Waals surface area contributed by atoms with Crippen LogP contribution in [0.25, 0.3) is 0 Å². The molecular weight excluding hydrogens is 596 g/mol. The third-order valence-corrected chi connectivity index (χ3v) is 9.98. The maximum atomic E-state index is 13.4. The second-order valence-corrected chi connectivity index (χ2v) is 13.4. The fourth-order valence-electron chi connectivity index (χ4n) is 6.86. The van der Waals surface area contributed by atoms with Crippen LogP contribution in [0, 0.1) is 35.5 Å². The van der Waals surface area contributed by atoms with Crippen molar-refractivity contribution in [3.63, 3.8) is 0 Å². The summed E-state index contributed by atoms with van der Waals surface area (Å²) in [6.45, 7) is 21.7. The summed E-state index contributed by atoms with van der Waals surface area (Å²) in [4.78, 5) is 64.9. The lowest BCUT2D eigenvalue weighted by Crippen LogP contribution is -2.58. The molecule has 3 aliphatic rings. The largest absolute Gasteiger partial charge is 0.462 e. The van der Waals surface area contributed by atoms with Crippen molar-refractivity contribution in [3.8, 4) is 0 Å². The SMILES string of the molecule is C=C1C(OC(=O)C=C(C)CC)C(OC(=O)C(C)CC)C(C2(C)CO2)C2C1C(OC(=O)C(C)CC)C(OC(C)=O)C2C(C)OC(C)=O. The Morgan fingerprint density at radius 2 is 1.41 bits per heavy atom. The van der Waals surface area contributed by atoms with Gasteiger partial charge in [-0.1, -0.05) is 46.8 Å². The van der Waals surface area contributed by atoms with Gasteiger partial charge in [0.05, 0.1) is 24.0 Å². The average molecular weight is 649 g/mol. The maximum Gasteiger partial charge on any atom is 0.331 e. The molecule has 12 atom stereocenters. The minimum atomic E-state index is -1.14. The molecule has 258 valence electrons. The lowest BCUT2D eigenvalue weighted by Gasteiger charge is -2.48. The molecule has 1 saturated heterocycles. The van der Waals surface area contributed by atoms with Gasteiger partial charge in [0.1, 0.15) is 24.4 Å². The van der Waals surface area contributed by atoms with Crippen LogP contribution in [0.3, 0.4) is 0 Å². The zero-order chi connectivity index (χ0) is 34.7. The van der Waals surface area contributed by atoms with E-state index in [0.717, 1.165) is 5.57 Å². The molecule has 3 fully saturated rings. The molecule has 0 aromatic carbocycles. The topological polar surface area (TPSA) is 144 Å². The van der Waals surface area contributed by atoms with Gasteiger partial charge in [0.25, 0.3) is 0 Å². The number of carbonyl (C=O) groups excluding carboxylic acids is 5. The molecule has 0 spiro atoms. The van der Waals surface area contributed by atoms with E-state index in [0.29, 0.717) is 31.4 Å². The van der Waals surface area contributed by atoms with Crippen LogP contribution >= 0.6 is 0 Å². The molecule has 2 saturated carbocycles. The van der Waals surface area contributed by atoms with Gasteiger partial charge in [-0.2, -0.15) is 0 Å². The Kier molecular flexibility index (Phi) is 12.3. The highest BCUT2D eigenvalue weighted by atomic mass is 16.6. The maximum absolute atomic E-state index is 13.4. The van der Waals surface area contributed by atoms with Crippen molar-refractivity contribution in [3.05, 3.63) is 23.8 Å². The lowest BCUT2D eigenvalue weighted by atomic mass is 9.61. The van der Waals surface area contributed by atoms with Gasteiger partial charge in [0.2, 0.25) is 0 Å². The number of carbonyl (C=O) groups is 5. The monoisotopic (exact) mass is 648 g/mol. The van der Waals surface area contributed by atoms with Gasteiger partial charge in [-0.15, -0.1) is 0 Å². The van der Waals surface area contributed by atoms with Crippen LogP contribution in [0.1, 0.15) is 88.5 Å². The Morgan fingerprint density at radius 1 is 0.870 bits per heavy atom. The lowest BCUT2D eigenvalue weighted by molar-refractivity contribution is -0.185.